The van der Waals surface area contributed by atoms with Gasteiger partial charge in [-0.2, -0.15) is 5.10 Å². The zero-order chi connectivity index (χ0) is 23.5. The van der Waals surface area contributed by atoms with Crippen LogP contribution in [0.3, 0.4) is 0 Å². The molecule has 0 saturated carbocycles. The van der Waals surface area contributed by atoms with E-state index >= 15 is 0 Å². The van der Waals surface area contributed by atoms with Crippen LogP contribution in [0.25, 0.3) is 23.0 Å². The van der Waals surface area contributed by atoms with E-state index in [1.54, 1.807) is 6.08 Å². The summed E-state index contributed by atoms with van der Waals surface area (Å²) in [7, 11) is 0. The highest BCUT2D eigenvalue weighted by atomic mass is 32.1. The molecule has 2 heterocycles. The predicted octanol–water partition coefficient (Wildman–Crippen LogP) is 5.20. The Hall–Kier alpha value is -4.23. The average Bonchev–Trinajstić information content (AvgIpc) is 3.41. The molecule has 0 radical (unpaired) electrons. The SMILES string of the molecule is CCOc1ccccc1N1C(=O)/C(=C\c2cn(-c3ccccc3)nc2-c2ccccc2)NC1=S. The van der Waals surface area contributed by atoms with E-state index in [1.165, 1.54) is 4.90 Å². The Balaban J connectivity index is 1.57. The van der Waals surface area contributed by atoms with Gasteiger partial charge in [-0.05, 0) is 49.5 Å². The van der Waals surface area contributed by atoms with Crippen molar-refractivity contribution in [2.24, 2.45) is 0 Å². The lowest BCUT2D eigenvalue weighted by atomic mass is 10.1. The number of hydrogen-bond donors (Lipinski definition) is 1. The molecule has 1 aromatic heterocycles. The lowest BCUT2D eigenvalue weighted by molar-refractivity contribution is -0.113. The standard InChI is InChI=1S/C27H22N4O2S/c1-2-33-24-16-10-9-15-23(24)31-26(32)22(28-27(31)34)17-20-18-30(21-13-7-4-8-14-21)29-25(20)19-11-5-3-6-12-19/h3-18H,2H2,1H3,(H,28,34)/b22-17+. The molecule has 5 rings (SSSR count). The van der Waals surface area contributed by atoms with E-state index in [1.807, 2.05) is 103 Å². The fourth-order valence-electron chi connectivity index (χ4n) is 3.86. The molecule has 0 bridgehead atoms. The lowest BCUT2D eigenvalue weighted by Crippen LogP contribution is -2.30. The molecule has 1 fully saturated rings. The van der Waals surface area contributed by atoms with Crippen molar-refractivity contribution in [1.29, 1.82) is 0 Å². The Bertz CT molecular complexity index is 1380. The fourth-order valence-corrected chi connectivity index (χ4v) is 4.15. The number of ether oxygens (including phenoxy) is 1. The van der Waals surface area contributed by atoms with Crippen molar-refractivity contribution >= 4 is 35.0 Å². The Kier molecular flexibility index (Phi) is 5.93. The minimum absolute atomic E-state index is 0.247. The van der Waals surface area contributed by atoms with Gasteiger partial charge in [0.15, 0.2) is 5.11 Å². The van der Waals surface area contributed by atoms with Gasteiger partial charge in [-0.1, -0.05) is 60.7 Å². The minimum atomic E-state index is -0.247. The maximum Gasteiger partial charge on any atom is 0.281 e. The summed E-state index contributed by atoms with van der Waals surface area (Å²) in [6, 6.07) is 27.1. The van der Waals surface area contributed by atoms with Crippen molar-refractivity contribution in [1.82, 2.24) is 15.1 Å². The first-order valence-corrected chi connectivity index (χ1v) is 11.4. The molecular formula is C27H22N4O2S. The normalized spacial score (nSPS) is 14.5. The molecular weight excluding hydrogens is 444 g/mol. The van der Waals surface area contributed by atoms with Crippen LogP contribution in [0.5, 0.6) is 5.75 Å². The van der Waals surface area contributed by atoms with Crippen LogP contribution in [0.1, 0.15) is 12.5 Å². The number of anilines is 1. The number of nitrogens with one attached hydrogen (secondary N) is 1. The van der Waals surface area contributed by atoms with Gasteiger partial charge in [-0.15, -0.1) is 0 Å². The molecule has 1 aliphatic heterocycles. The maximum absolute atomic E-state index is 13.4. The Labute approximate surface area is 203 Å². The number of amides is 1. The van der Waals surface area contributed by atoms with Crippen molar-refractivity contribution in [2.75, 3.05) is 11.5 Å². The summed E-state index contributed by atoms with van der Waals surface area (Å²) in [5.41, 5.74) is 4.44. The molecule has 4 aromatic rings. The Morgan fingerprint density at radius 2 is 1.65 bits per heavy atom. The second-order valence-corrected chi connectivity index (χ2v) is 8.00. The summed E-state index contributed by atoms with van der Waals surface area (Å²) in [6.45, 7) is 2.39. The average molecular weight is 467 g/mol. The number of carbonyl (C=O) groups is 1. The van der Waals surface area contributed by atoms with Crippen LogP contribution in [-0.2, 0) is 4.79 Å². The van der Waals surface area contributed by atoms with Crippen LogP contribution in [0.4, 0.5) is 5.69 Å². The van der Waals surface area contributed by atoms with Crippen molar-refractivity contribution in [2.45, 2.75) is 6.92 Å². The van der Waals surface area contributed by atoms with Crippen molar-refractivity contribution in [3.63, 3.8) is 0 Å². The largest absolute Gasteiger partial charge is 0.492 e. The number of aromatic nitrogens is 2. The van der Waals surface area contributed by atoms with Gasteiger partial charge >= 0.3 is 0 Å². The number of hydrogen-bond acceptors (Lipinski definition) is 4. The van der Waals surface area contributed by atoms with E-state index in [4.69, 9.17) is 22.1 Å². The molecule has 0 atom stereocenters. The van der Waals surface area contributed by atoms with E-state index in [-0.39, 0.29) is 5.91 Å². The van der Waals surface area contributed by atoms with Crippen LogP contribution in [0.15, 0.2) is 96.8 Å². The molecule has 168 valence electrons. The second kappa shape index (κ2) is 9.33. The summed E-state index contributed by atoms with van der Waals surface area (Å²) in [5.74, 6) is 0.356. The van der Waals surface area contributed by atoms with E-state index < -0.39 is 0 Å². The van der Waals surface area contributed by atoms with Gasteiger partial charge in [0.25, 0.3) is 5.91 Å². The summed E-state index contributed by atoms with van der Waals surface area (Å²) >= 11 is 5.52. The zero-order valence-electron chi connectivity index (χ0n) is 18.5. The van der Waals surface area contributed by atoms with Gasteiger partial charge in [-0.3, -0.25) is 4.79 Å². The van der Waals surface area contributed by atoms with Gasteiger partial charge < -0.3 is 10.1 Å². The van der Waals surface area contributed by atoms with Crippen molar-refractivity contribution in [3.8, 4) is 22.7 Å². The molecule has 1 aliphatic rings. The van der Waals surface area contributed by atoms with Crippen LogP contribution < -0.4 is 15.0 Å². The summed E-state index contributed by atoms with van der Waals surface area (Å²) in [4.78, 5) is 14.9. The summed E-state index contributed by atoms with van der Waals surface area (Å²) in [6.07, 6.45) is 3.71. The van der Waals surface area contributed by atoms with Gasteiger partial charge in [0, 0.05) is 17.3 Å². The number of carbonyl (C=O) groups excluding carboxylic acids is 1. The Morgan fingerprint density at radius 3 is 2.38 bits per heavy atom. The first kappa shape index (κ1) is 21.6. The molecule has 1 N–H and O–H groups in total. The van der Waals surface area contributed by atoms with Crippen molar-refractivity contribution < 1.29 is 9.53 Å². The highest BCUT2D eigenvalue weighted by molar-refractivity contribution is 7.80. The van der Waals surface area contributed by atoms with E-state index in [0.29, 0.717) is 28.9 Å². The van der Waals surface area contributed by atoms with Gasteiger partial charge in [0.2, 0.25) is 0 Å². The maximum atomic E-state index is 13.4. The fraction of sp³-hybridized carbons (Fsp3) is 0.0741. The summed E-state index contributed by atoms with van der Waals surface area (Å²) < 4.78 is 7.53. The molecule has 0 aliphatic carbocycles. The molecule has 1 saturated heterocycles. The quantitative estimate of drug-likeness (QED) is 0.313. The zero-order valence-corrected chi connectivity index (χ0v) is 19.3. The van der Waals surface area contributed by atoms with E-state index in [9.17, 15) is 4.79 Å². The van der Waals surface area contributed by atoms with Crippen molar-refractivity contribution in [3.05, 3.63) is 102 Å². The van der Waals surface area contributed by atoms with E-state index in [2.05, 4.69) is 5.32 Å². The number of nitrogens with zero attached hydrogens (tertiary/aromatic N) is 3. The third-order valence-corrected chi connectivity index (χ3v) is 5.68. The van der Waals surface area contributed by atoms with E-state index in [0.717, 1.165) is 22.5 Å². The lowest BCUT2D eigenvalue weighted by Gasteiger charge is -2.17. The van der Waals surface area contributed by atoms with Gasteiger partial charge in [-0.25, -0.2) is 9.58 Å². The number of benzene rings is 3. The van der Waals surface area contributed by atoms with Crippen LogP contribution in [-0.4, -0.2) is 27.4 Å². The first-order chi connectivity index (χ1) is 16.7. The number of rotatable bonds is 6. The van der Waals surface area contributed by atoms with Crippen LogP contribution >= 0.6 is 12.2 Å². The smallest absolute Gasteiger partial charge is 0.281 e. The topological polar surface area (TPSA) is 59.4 Å². The van der Waals surface area contributed by atoms with Crippen LogP contribution in [0.2, 0.25) is 0 Å². The first-order valence-electron chi connectivity index (χ1n) is 10.9. The van der Waals surface area contributed by atoms with Crippen LogP contribution in [0, 0.1) is 0 Å². The Morgan fingerprint density at radius 1 is 0.971 bits per heavy atom. The highest BCUT2D eigenvalue weighted by Crippen LogP contribution is 2.32. The monoisotopic (exact) mass is 466 g/mol. The molecule has 6 nitrogen and oxygen atoms in total. The predicted molar refractivity (Wildman–Crippen MR) is 138 cm³/mol. The molecule has 0 spiro atoms. The molecule has 3 aromatic carbocycles. The van der Waals surface area contributed by atoms with Gasteiger partial charge in [0.05, 0.1) is 18.0 Å². The van der Waals surface area contributed by atoms with Gasteiger partial charge in [0.1, 0.15) is 17.1 Å². The third-order valence-electron chi connectivity index (χ3n) is 5.39. The number of para-hydroxylation sites is 3. The summed E-state index contributed by atoms with van der Waals surface area (Å²) in [5, 5.41) is 8.20. The molecule has 34 heavy (non-hydrogen) atoms. The second-order valence-electron chi connectivity index (χ2n) is 7.61. The molecule has 7 heteroatoms. The minimum Gasteiger partial charge on any atom is -0.492 e. The third kappa shape index (κ3) is 4.09. The molecule has 1 amide bonds. The molecule has 0 unspecified atom stereocenters. The number of thiocarbonyl (C=S) groups is 1. The highest BCUT2D eigenvalue weighted by Gasteiger charge is 2.34.